The third-order valence-corrected chi connectivity index (χ3v) is 5.26. The number of rotatable bonds is 2. The molecule has 0 aromatic heterocycles. The average molecular weight is 211 g/mol. The zero-order chi connectivity index (χ0) is 10.5. The fourth-order valence-corrected chi connectivity index (χ4v) is 3.97. The van der Waals surface area contributed by atoms with Crippen molar-refractivity contribution in [1.29, 1.82) is 0 Å². The van der Waals surface area contributed by atoms with Crippen molar-refractivity contribution in [3.8, 4) is 0 Å². The highest BCUT2D eigenvalue weighted by molar-refractivity contribution is 5.11. The molecule has 3 saturated heterocycles. The van der Waals surface area contributed by atoms with Gasteiger partial charge in [0.25, 0.3) is 0 Å². The standard InChI is InChI=1S/C12H21NO2/c14-9-11(4-1-5-11)12(15)8-13-6-2-10(12)3-7-13/h10,14-15H,1-9H2. The number of fused-ring (bicyclic) bond motifs is 3. The Kier molecular flexibility index (Phi) is 2.14. The van der Waals surface area contributed by atoms with Crippen LogP contribution in [0, 0.1) is 11.3 Å². The molecule has 1 atom stereocenters. The van der Waals surface area contributed by atoms with Crippen molar-refractivity contribution >= 4 is 0 Å². The lowest BCUT2D eigenvalue weighted by Gasteiger charge is -2.61. The SMILES string of the molecule is OCC1(C2(O)CN3CCC2CC3)CCC1. The van der Waals surface area contributed by atoms with Crippen molar-refractivity contribution < 1.29 is 10.2 Å². The molecule has 0 amide bonds. The summed E-state index contributed by atoms with van der Waals surface area (Å²) in [4.78, 5) is 2.37. The second-order valence-corrected chi connectivity index (χ2v) is 5.77. The number of hydrogen-bond acceptors (Lipinski definition) is 3. The van der Waals surface area contributed by atoms with E-state index in [0.717, 1.165) is 45.3 Å². The van der Waals surface area contributed by atoms with E-state index < -0.39 is 5.60 Å². The maximum atomic E-state index is 10.9. The van der Waals surface area contributed by atoms with Crippen LogP contribution in [0.3, 0.4) is 0 Å². The average Bonchev–Trinajstić information content (AvgIpc) is 2.17. The molecule has 1 aliphatic carbocycles. The van der Waals surface area contributed by atoms with E-state index in [9.17, 15) is 10.2 Å². The van der Waals surface area contributed by atoms with Gasteiger partial charge in [-0.1, -0.05) is 6.42 Å². The topological polar surface area (TPSA) is 43.7 Å². The van der Waals surface area contributed by atoms with Gasteiger partial charge in [0.05, 0.1) is 12.2 Å². The third-order valence-electron chi connectivity index (χ3n) is 5.26. The first-order valence-electron chi connectivity index (χ1n) is 6.26. The van der Waals surface area contributed by atoms with E-state index in [1.807, 2.05) is 0 Å². The fourth-order valence-electron chi connectivity index (χ4n) is 3.97. The van der Waals surface area contributed by atoms with Crippen LogP contribution in [0.2, 0.25) is 0 Å². The fraction of sp³-hybridized carbons (Fsp3) is 1.00. The van der Waals surface area contributed by atoms with E-state index in [0.29, 0.717) is 5.92 Å². The van der Waals surface area contributed by atoms with E-state index in [-0.39, 0.29) is 12.0 Å². The molecule has 3 heterocycles. The summed E-state index contributed by atoms with van der Waals surface area (Å²) in [5.41, 5.74) is -0.743. The number of aliphatic hydroxyl groups excluding tert-OH is 1. The van der Waals surface area contributed by atoms with Gasteiger partial charge in [-0.25, -0.2) is 0 Å². The van der Waals surface area contributed by atoms with Gasteiger partial charge < -0.3 is 15.1 Å². The lowest BCUT2D eigenvalue weighted by Crippen LogP contribution is -2.69. The van der Waals surface area contributed by atoms with Crippen LogP contribution in [-0.4, -0.2) is 47.0 Å². The predicted molar refractivity (Wildman–Crippen MR) is 57.5 cm³/mol. The summed E-state index contributed by atoms with van der Waals surface area (Å²) in [6.45, 7) is 3.27. The van der Waals surface area contributed by atoms with Crippen molar-refractivity contribution in [3.63, 3.8) is 0 Å². The summed E-state index contributed by atoms with van der Waals surface area (Å²) in [7, 11) is 0. The van der Waals surface area contributed by atoms with E-state index in [2.05, 4.69) is 4.90 Å². The smallest absolute Gasteiger partial charge is 0.0880 e. The molecule has 2 bridgehead atoms. The lowest BCUT2D eigenvalue weighted by molar-refractivity contribution is -0.224. The van der Waals surface area contributed by atoms with E-state index in [4.69, 9.17) is 0 Å². The first-order chi connectivity index (χ1) is 7.20. The van der Waals surface area contributed by atoms with Gasteiger partial charge in [0.15, 0.2) is 0 Å². The van der Waals surface area contributed by atoms with Gasteiger partial charge in [-0.3, -0.25) is 0 Å². The van der Waals surface area contributed by atoms with Gasteiger partial charge in [0, 0.05) is 12.0 Å². The molecule has 3 heteroatoms. The molecule has 4 fully saturated rings. The zero-order valence-electron chi connectivity index (χ0n) is 9.28. The molecule has 4 aliphatic rings. The molecule has 0 aromatic carbocycles. The molecule has 15 heavy (non-hydrogen) atoms. The minimum atomic E-state index is -0.587. The number of hydrogen-bond donors (Lipinski definition) is 2. The van der Waals surface area contributed by atoms with Crippen molar-refractivity contribution in [2.24, 2.45) is 11.3 Å². The molecule has 1 unspecified atom stereocenters. The highest BCUT2D eigenvalue weighted by Crippen LogP contribution is 2.55. The minimum Gasteiger partial charge on any atom is -0.396 e. The van der Waals surface area contributed by atoms with Crippen LogP contribution in [0.25, 0.3) is 0 Å². The highest BCUT2D eigenvalue weighted by Gasteiger charge is 2.60. The van der Waals surface area contributed by atoms with Gasteiger partial charge in [-0.05, 0) is 44.7 Å². The molecule has 4 rings (SSSR count). The molecule has 3 nitrogen and oxygen atoms in total. The zero-order valence-corrected chi connectivity index (χ0v) is 9.28. The molecular weight excluding hydrogens is 190 g/mol. The monoisotopic (exact) mass is 211 g/mol. The first kappa shape index (κ1) is 10.1. The summed E-state index contributed by atoms with van der Waals surface area (Å²) in [6.07, 6.45) is 5.46. The van der Waals surface area contributed by atoms with Gasteiger partial charge in [0.1, 0.15) is 0 Å². The highest BCUT2D eigenvalue weighted by atomic mass is 16.3. The van der Waals surface area contributed by atoms with Crippen LogP contribution in [0.5, 0.6) is 0 Å². The molecule has 0 spiro atoms. The van der Waals surface area contributed by atoms with Crippen LogP contribution in [0.15, 0.2) is 0 Å². The van der Waals surface area contributed by atoms with Crippen molar-refractivity contribution in [1.82, 2.24) is 4.90 Å². The Balaban J connectivity index is 1.89. The second-order valence-electron chi connectivity index (χ2n) is 5.77. The molecule has 0 radical (unpaired) electrons. The van der Waals surface area contributed by atoms with Gasteiger partial charge in [-0.2, -0.15) is 0 Å². The Morgan fingerprint density at radius 2 is 1.87 bits per heavy atom. The number of nitrogens with zero attached hydrogens (tertiary/aromatic N) is 1. The molecule has 0 aromatic rings. The maximum absolute atomic E-state index is 10.9. The first-order valence-corrected chi connectivity index (χ1v) is 6.26. The Morgan fingerprint density at radius 1 is 1.20 bits per heavy atom. The van der Waals surface area contributed by atoms with Gasteiger partial charge in [-0.15, -0.1) is 0 Å². The Labute approximate surface area is 91.1 Å². The lowest BCUT2D eigenvalue weighted by atomic mass is 9.52. The number of piperidine rings is 3. The summed E-state index contributed by atoms with van der Waals surface area (Å²) in [5.74, 6) is 0.440. The Hall–Kier alpha value is -0.120. The predicted octanol–water partition coefficient (Wildman–Crippen LogP) is 0.606. The Morgan fingerprint density at radius 3 is 2.20 bits per heavy atom. The maximum Gasteiger partial charge on any atom is 0.0880 e. The summed E-state index contributed by atoms with van der Waals surface area (Å²) >= 11 is 0. The molecule has 1 saturated carbocycles. The second kappa shape index (κ2) is 3.19. The summed E-state index contributed by atoms with van der Waals surface area (Å²) < 4.78 is 0. The quantitative estimate of drug-likeness (QED) is 0.703. The van der Waals surface area contributed by atoms with Crippen molar-refractivity contribution in [2.45, 2.75) is 37.7 Å². The normalized spacial score (nSPS) is 47.6. The van der Waals surface area contributed by atoms with Gasteiger partial charge >= 0.3 is 0 Å². The van der Waals surface area contributed by atoms with Crippen molar-refractivity contribution in [2.75, 3.05) is 26.2 Å². The largest absolute Gasteiger partial charge is 0.396 e. The van der Waals surface area contributed by atoms with Gasteiger partial charge in [0.2, 0.25) is 0 Å². The van der Waals surface area contributed by atoms with Crippen LogP contribution in [-0.2, 0) is 0 Å². The Bertz CT molecular complexity index is 251. The number of aliphatic hydroxyl groups is 2. The van der Waals surface area contributed by atoms with Crippen LogP contribution in [0.4, 0.5) is 0 Å². The molecular formula is C12H21NO2. The summed E-state index contributed by atoms with van der Waals surface area (Å²) in [6, 6.07) is 0. The third kappa shape index (κ3) is 1.17. The van der Waals surface area contributed by atoms with Crippen LogP contribution in [0.1, 0.15) is 32.1 Å². The molecule has 3 aliphatic heterocycles. The van der Waals surface area contributed by atoms with Crippen molar-refractivity contribution in [3.05, 3.63) is 0 Å². The van der Waals surface area contributed by atoms with Crippen LogP contribution >= 0.6 is 0 Å². The van der Waals surface area contributed by atoms with Crippen LogP contribution < -0.4 is 0 Å². The van der Waals surface area contributed by atoms with E-state index in [1.54, 1.807) is 0 Å². The van der Waals surface area contributed by atoms with E-state index >= 15 is 0 Å². The minimum absolute atomic E-state index is 0.156. The molecule has 2 N–H and O–H groups in total. The summed E-state index contributed by atoms with van der Waals surface area (Å²) in [5, 5.41) is 20.5. The molecule has 86 valence electrons. The van der Waals surface area contributed by atoms with E-state index in [1.165, 1.54) is 6.42 Å².